The summed E-state index contributed by atoms with van der Waals surface area (Å²) in [6.45, 7) is 8.03. The molecule has 2 rings (SSSR count). The van der Waals surface area contributed by atoms with Crippen LogP contribution in [-0.4, -0.2) is 34.0 Å². The van der Waals surface area contributed by atoms with Gasteiger partial charge in [-0.1, -0.05) is 55.5 Å². The molecular weight excluding hydrogens is 399 g/mol. The van der Waals surface area contributed by atoms with E-state index in [9.17, 15) is 14.0 Å². The van der Waals surface area contributed by atoms with Gasteiger partial charge >= 0.3 is 0 Å². The van der Waals surface area contributed by atoms with Crippen molar-refractivity contribution in [1.29, 1.82) is 0 Å². The monoisotopic (exact) mass is 430 g/mol. The molecule has 0 fully saturated rings. The molecule has 4 nitrogen and oxygen atoms in total. The van der Waals surface area contributed by atoms with Crippen molar-refractivity contribution in [2.75, 3.05) is 5.75 Å². The number of amides is 2. The number of hydrogen-bond acceptors (Lipinski definition) is 3. The lowest BCUT2D eigenvalue weighted by molar-refractivity contribution is -0.140. The van der Waals surface area contributed by atoms with Crippen LogP contribution >= 0.6 is 11.8 Å². The molecule has 1 N–H and O–H groups in total. The molecule has 0 saturated heterocycles. The second kappa shape index (κ2) is 11.2. The van der Waals surface area contributed by atoms with Crippen LogP contribution in [0.5, 0.6) is 0 Å². The first-order chi connectivity index (χ1) is 14.2. The Bertz CT molecular complexity index is 837. The SMILES string of the molecule is CCC(C(=O)NC(C)(C)C)N(Cc1ccccc1)C(=O)CSCc1ccccc1F. The summed E-state index contributed by atoms with van der Waals surface area (Å²) in [4.78, 5) is 27.7. The van der Waals surface area contributed by atoms with Crippen LogP contribution < -0.4 is 5.32 Å². The maximum Gasteiger partial charge on any atom is 0.243 e. The molecule has 0 saturated carbocycles. The zero-order valence-electron chi connectivity index (χ0n) is 18.2. The third kappa shape index (κ3) is 7.48. The van der Waals surface area contributed by atoms with E-state index in [1.165, 1.54) is 17.8 Å². The summed E-state index contributed by atoms with van der Waals surface area (Å²) >= 11 is 1.36. The molecule has 2 aromatic carbocycles. The molecule has 0 bridgehead atoms. The fourth-order valence-electron chi connectivity index (χ4n) is 3.10. The van der Waals surface area contributed by atoms with E-state index >= 15 is 0 Å². The highest BCUT2D eigenvalue weighted by molar-refractivity contribution is 7.99. The van der Waals surface area contributed by atoms with Crippen molar-refractivity contribution < 1.29 is 14.0 Å². The smallest absolute Gasteiger partial charge is 0.243 e. The van der Waals surface area contributed by atoms with Crippen molar-refractivity contribution in [3.63, 3.8) is 0 Å². The minimum atomic E-state index is -0.564. The maximum absolute atomic E-state index is 13.8. The molecule has 6 heteroatoms. The van der Waals surface area contributed by atoms with E-state index in [1.807, 2.05) is 58.0 Å². The Labute approximate surface area is 183 Å². The van der Waals surface area contributed by atoms with Crippen LogP contribution in [-0.2, 0) is 21.9 Å². The predicted octanol–water partition coefficient (Wildman–Crippen LogP) is 4.78. The Hall–Kier alpha value is -2.34. The third-order valence-corrected chi connectivity index (χ3v) is 5.49. The number of nitrogens with one attached hydrogen (secondary N) is 1. The number of rotatable bonds is 9. The van der Waals surface area contributed by atoms with Crippen LogP contribution in [0.1, 0.15) is 45.2 Å². The number of hydrogen-bond donors (Lipinski definition) is 1. The van der Waals surface area contributed by atoms with Crippen molar-refractivity contribution >= 4 is 23.6 Å². The minimum Gasteiger partial charge on any atom is -0.350 e. The van der Waals surface area contributed by atoms with Gasteiger partial charge in [-0.25, -0.2) is 4.39 Å². The fourth-order valence-corrected chi connectivity index (χ4v) is 4.00. The van der Waals surface area contributed by atoms with Crippen LogP contribution in [0.2, 0.25) is 0 Å². The minimum absolute atomic E-state index is 0.129. The topological polar surface area (TPSA) is 49.4 Å². The molecule has 2 amide bonds. The van der Waals surface area contributed by atoms with E-state index in [2.05, 4.69) is 5.32 Å². The number of benzene rings is 2. The molecule has 30 heavy (non-hydrogen) atoms. The van der Waals surface area contributed by atoms with E-state index in [0.717, 1.165) is 5.56 Å². The standard InChI is InChI=1S/C24H31FN2O2S/c1-5-21(23(29)26-24(2,3)4)27(15-18-11-7-6-8-12-18)22(28)17-30-16-19-13-9-10-14-20(19)25/h6-14,21H,5,15-17H2,1-4H3,(H,26,29). The first kappa shape index (κ1) is 23.9. The van der Waals surface area contributed by atoms with Crippen LogP contribution in [0.4, 0.5) is 4.39 Å². The van der Waals surface area contributed by atoms with Crippen LogP contribution in [0.25, 0.3) is 0 Å². The molecule has 0 aliphatic rings. The van der Waals surface area contributed by atoms with E-state index in [-0.39, 0.29) is 28.9 Å². The Morgan fingerprint density at radius 2 is 1.70 bits per heavy atom. The molecule has 0 aromatic heterocycles. The Kier molecular flexibility index (Phi) is 8.90. The van der Waals surface area contributed by atoms with Crippen LogP contribution in [0.15, 0.2) is 54.6 Å². The number of nitrogens with zero attached hydrogens (tertiary/aromatic N) is 1. The number of thioether (sulfide) groups is 1. The lowest BCUT2D eigenvalue weighted by Crippen LogP contribution is -2.53. The summed E-state index contributed by atoms with van der Waals surface area (Å²) in [5.74, 6) is 0.0299. The second-order valence-electron chi connectivity index (χ2n) is 8.25. The van der Waals surface area contributed by atoms with E-state index in [4.69, 9.17) is 0 Å². The normalized spacial score (nSPS) is 12.3. The molecule has 162 valence electrons. The molecule has 1 atom stereocenters. The second-order valence-corrected chi connectivity index (χ2v) is 9.24. The van der Waals surface area contributed by atoms with Gasteiger partial charge in [0.2, 0.25) is 11.8 Å². The number of carbonyl (C=O) groups is 2. The molecular formula is C24H31FN2O2S. The first-order valence-electron chi connectivity index (χ1n) is 10.2. The summed E-state index contributed by atoms with van der Waals surface area (Å²) in [5.41, 5.74) is 1.15. The number of halogens is 1. The van der Waals surface area contributed by atoms with Crippen molar-refractivity contribution in [2.45, 2.75) is 58.0 Å². The highest BCUT2D eigenvalue weighted by Crippen LogP contribution is 2.19. The highest BCUT2D eigenvalue weighted by atomic mass is 32.2. The van der Waals surface area contributed by atoms with Gasteiger partial charge in [0.15, 0.2) is 0 Å². The quantitative estimate of drug-likeness (QED) is 0.623. The highest BCUT2D eigenvalue weighted by Gasteiger charge is 2.30. The molecule has 1 unspecified atom stereocenters. The van der Waals surface area contributed by atoms with Gasteiger partial charge in [0.05, 0.1) is 5.75 Å². The van der Waals surface area contributed by atoms with Gasteiger partial charge in [-0.15, -0.1) is 11.8 Å². The van der Waals surface area contributed by atoms with Gasteiger partial charge in [-0.3, -0.25) is 9.59 Å². The van der Waals surface area contributed by atoms with Gasteiger partial charge in [-0.05, 0) is 44.4 Å². The molecule has 0 spiro atoms. The van der Waals surface area contributed by atoms with Crippen molar-refractivity contribution in [3.05, 3.63) is 71.5 Å². The first-order valence-corrected chi connectivity index (χ1v) is 11.3. The third-order valence-electron chi connectivity index (χ3n) is 4.52. The van der Waals surface area contributed by atoms with Crippen molar-refractivity contribution in [3.8, 4) is 0 Å². The number of carbonyl (C=O) groups excluding carboxylic acids is 2. The zero-order chi connectivity index (χ0) is 22.1. The Morgan fingerprint density at radius 3 is 2.30 bits per heavy atom. The molecule has 0 aliphatic heterocycles. The summed E-state index contributed by atoms with van der Waals surface area (Å²) in [6.07, 6.45) is 0.512. The average Bonchev–Trinajstić information content (AvgIpc) is 2.68. The predicted molar refractivity (Wildman–Crippen MR) is 122 cm³/mol. The van der Waals surface area contributed by atoms with Gasteiger partial charge < -0.3 is 10.2 Å². The summed E-state index contributed by atoms with van der Waals surface area (Å²) in [6, 6.07) is 15.7. The summed E-state index contributed by atoms with van der Waals surface area (Å²) < 4.78 is 13.8. The van der Waals surface area contributed by atoms with Crippen LogP contribution in [0.3, 0.4) is 0 Å². The lowest BCUT2D eigenvalue weighted by atomic mass is 10.1. The lowest BCUT2D eigenvalue weighted by Gasteiger charge is -2.33. The van der Waals surface area contributed by atoms with Crippen LogP contribution in [0, 0.1) is 5.82 Å². The Morgan fingerprint density at radius 1 is 1.07 bits per heavy atom. The Balaban J connectivity index is 2.13. The van der Waals surface area contributed by atoms with Gasteiger partial charge in [0.25, 0.3) is 0 Å². The van der Waals surface area contributed by atoms with Crippen molar-refractivity contribution in [2.24, 2.45) is 0 Å². The average molecular weight is 431 g/mol. The van der Waals surface area contributed by atoms with Crippen molar-refractivity contribution in [1.82, 2.24) is 10.2 Å². The zero-order valence-corrected chi connectivity index (χ0v) is 19.0. The molecule has 0 heterocycles. The molecule has 0 radical (unpaired) electrons. The summed E-state index contributed by atoms with van der Waals surface area (Å²) in [7, 11) is 0. The fraction of sp³-hybridized carbons (Fsp3) is 0.417. The largest absolute Gasteiger partial charge is 0.350 e. The van der Waals surface area contributed by atoms with E-state index < -0.39 is 6.04 Å². The molecule has 2 aromatic rings. The van der Waals surface area contributed by atoms with E-state index in [0.29, 0.717) is 24.3 Å². The molecule has 0 aliphatic carbocycles. The van der Waals surface area contributed by atoms with E-state index in [1.54, 1.807) is 23.1 Å². The van der Waals surface area contributed by atoms with Gasteiger partial charge in [0.1, 0.15) is 11.9 Å². The van der Waals surface area contributed by atoms with Gasteiger partial charge in [0, 0.05) is 17.8 Å². The maximum atomic E-state index is 13.8. The summed E-state index contributed by atoms with van der Waals surface area (Å²) in [5, 5.41) is 2.99. The van der Waals surface area contributed by atoms with Gasteiger partial charge in [-0.2, -0.15) is 0 Å².